The molecule has 234 valence electrons. The second-order valence-corrected chi connectivity index (χ2v) is 13.5. The molecule has 3 aromatic heterocycles. The van der Waals surface area contributed by atoms with E-state index in [2.05, 4.69) is 115 Å². The van der Waals surface area contributed by atoms with Gasteiger partial charge in [-0.05, 0) is 58.7 Å². The molecule has 10 rings (SSSR count). The van der Waals surface area contributed by atoms with Crippen LogP contribution >= 0.6 is 11.3 Å². The van der Waals surface area contributed by atoms with Gasteiger partial charge >= 0.3 is 0 Å². The Morgan fingerprint density at radius 1 is 0.320 bits per heavy atom. The van der Waals surface area contributed by atoms with E-state index in [4.69, 9.17) is 19.4 Å². The Morgan fingerprint density at radius 2 is 0.840 bits per heavy atom. The van der Waals surface area contributed by atoms with Crippen molar-refractivity contribution in [2.75, 3.05) is 0 Å². The summed E-state index contributed by atoms with van der Waals surface area (Å²) in [6.45, 7) is 0. The van der Waals surface area contributed by atoms with Crippen molar-refractivity contribution in [2.45, 2.75) is 0 Å². The van der Waals surface area contributed by atoms with Crippen LogP contribution in [-0.4, -0.2) is 15.0 Å². The lowest BCUT2D eigenvalue weighted by molar-refractivity contribution is 0.669. The Bertz CT molecular complexity index is 2860. The van der Waals surface area contributed by atoms with Gasteiger partial charge in [0.05, 0.1) is 0 Å². The van der Waals surface area contributed by atoms with Crippen molar-refractivity contribution in [1.82, 2.24) is 15.0 Å². The van der Waals surface area contributed by atoms with E-state index in [1.807, 2.05) is 48.5 Å². The van der Waals surface area contributed by atoms with Crippen molar-refractivity contribution in [2.24, 2.45) is 0 Å². The van der Waals surface area contributed by atoms with Crippen LogP contribution in [0.15, 0.2) is 168 Å². The minimum Gasteiger partial charge on any atom is -0.456 e. The molecule has 0 spiro atoms. The lowest BCUT2D eigenvalue weighted by Gasteiger charge is -2.09. The van der Waals surface area contributed by atoms with E-state index in [0.29, 0.717) is 17.5 Å². The third-order valence-electron chi connectivity index (χ3n) is 9.36. The van der Waals surface area contributed by atoms with Crippen LogP contribution in [0.1, 0.15) is 0 Å². The molecule has 7 aromatic carbocycles. The fourth-order valence-electron chi connectivity index (χ4n) is 6.79. The Labute approximate surface area is 292 Å². The topological polar surface area (TPSA) is 51.8 Å². The third-order valence-corrected chi connectivity index (χ3v) is 10.5. The van der Waals surface area contributed by atoms with Gasteiger partial charge in [-0.3, -0.25) is 0 Å². The smallest absolute Gasteiger partial charge is 0.164 e. The van der Waals surface area contributed by atoms with Gasteiger partial charge in [-0.15, -0.1) is 11.3 Å². The van der Waals surface area contributed by atoms with Crippen LogP contribution in [0.5, 0.6) is 0 Å². The van der Waals surface area contributed by atoms with E-state index >= 15 is 0 Å². The van der Waals surface area contributed by atoms with Crippen molar-refractivity contribution >= 4 is 53.4 Å². The molecule has 0 amide bonds. The number of rotatable bonds is 5. The highest BCUT2D eigenvalue weighted by molar-refractivity contribution is 7.25. The summed E-state index contributed by atoms with van der Waals surface area (Å²) in [7, 11) is 0. The molecule has 0 atom stereocenters. The van der Waals surface area contributed by atoms with Gasteiger partial charge in [-0.1, -0.05) is 127 Å². The van der Waals surface area contributed by atoms with Crippen LogP contribution < -0.4 is 0 Å². The number of benzene rings is 7. The van der Waals surface area contributed by atoms with Crippen LogP contribution in [0.2, 0.25) is 0 Å². The molecular weight excluding hydrogens is 631 g/mol. The summed E-state index contributed by atoms with van der Waals surface area (Å²) in [6, 6.07) is 56.9. The normalized spacial score (nSPS) is 11.6. The standard InChI is InChI=1S/C45H27N3OS/c1-3-9-28(10-4-1)29-15-17-31(18-16-29)44-46-43(30-11-5-2-6-12-30)47-45(48-44)34-20-23-37-38-25-32(21-24-41(38)50-42(37)27-34)33-19-22-36-35-13-7-8-14-39(35)49-40(36)26-33/h1-27H. The predicted octanol–water partition coefficient (Wildman–Crippen LogP) is 12.5. The Hall–Kier alpha value is -6.43. The first-order chi connectivity index (χ1) is 24.7. The zero-order chi connectivity index (χ0) is 33.0. The number of nitrogens with zero attached hydrogens (tertiary/aromatic N) is 3. The zero-order valence-electron chi connectivity index (χ0n) is 26.7. The summed E-state index contributed by atoms with van der Waals surface area (Å²) in [5, 5.41) is 4.74. The summed E-state index contributed by atoms with van der Waals surface area (Å²) in [4.78, 5) is 15.0. The van der Waals surface area contributed by atoms with Crippen LogP contribution in [0.25, 0.3) is 98.5 Å². The molecule has 5 heteroatoms. The number of hydrogen-bond acceptors (Lipinski definition) is 5. The lowest BCUT2D eigenvalue weighted by atomic mass is 10.0. The number of furan rings is 1. The molecule has 10 aromatic rings. The van der Waals surface area contributed by atoms with Gasteiger partial charge in [0.15, 0.2) is 17.5 Å². The molecule has 0 aliphatic rings. The van der Waals surface area contributed by atoms with Gasteiger partial charge in [0.25, 0.3) is 0 Å². The predicted molar refractivity (Wildman–Crippen MR) is 207 cm³/mol. The quantitative estimate of drug-likeness (QED) is 0.185. The third kappa shape index (κ3) is 4.95. The fraction of sp³-hybridized carbons (Fsp3) is 0. The summed E-state index contributed by atoms with van der Waals surface area (Å²) < 4.78 is 8.63. The molecule has 4 nitrogen and oxygen atoms in total. The first-order valence-electron chi connectivity index (χ1n) is 16.6. The average molecular weight is 658 g/mol. The zero-order valence-corrected chi connectivity index (χ0v) is 27.6. The SMILES string of the molecule is c1ccc(-c2ccc(-c3nc(-c4ccccc4)nc(-c4ccc5c(c4)sc4ccc(-c6ccc7c(c6)oc6ccccc67)cc45)n3)cc2)cc1. The van der Waals surface area contributed by atoms with Gasteiger partial charge in [-0.2, -0.15) is 0 Å². The van der Waals surface area contributed by atoms with Gasteiger partial charge < -0.3 is 4.42 Å². The molecule has 0 N–H and O–H groups in total. The van der Waals surface area contributed by atoms with Gasteiger partial charge in [0.2, 0.25) is 0 Å². The summed E-state index contributed by atoms with van der Waals surface area (Å²) in [5.74, 6) is 1.95. The molecule has 0 saturated heterocycles. The minimum atomic E-state index is 0.649. The van der Waals surface area contributed by atoms with Gasteiger partial charge in [-0.25, -0.2) is 15.0 Å². The van der Waals surface area contributed by atoms with Crippen molar-refractivity contribution in [1.29, 1.82) is 0 Å². The monoisotopic (exact) mass is 657 g/mol. The lowest BCUT2D eigenvalue weighted by Crippen LogP contribution is -2.00. The maximum absolute atomic E-state index is 6.19. The van der Waals surface area contributed by atoms with Crippen molar-refractivity contribution in [3.05, 3.63) is 164 Å². The van der Waals surface area contributed by atoms with Crippen molar-refractivity contribution in [3.63, 3.8) is 0 Å². The van der Waals surface area contributed by atoms with E-state index < -0.39 is 0 Å². The van der Waals surface area contributed by atoms with Crippen LogP contribution in [0.3, 0.4) is 0 Å². The minimum absolute atomic E-state index is 0.649. The van der Waals surface area contributed by atoms with Crippen LogP contribution in [0, 0.1) is 0 Å². The molecule has 0 unspecified atom stereocenters. The summed E-state index contributed by atoms with van der Waals surface area (Å²) in [5.41, 5.74) is 9.31. The maximum atomic E-state index is 6.19. The fourth-order valence-corrected chi connectivity index (χ4v) is 7.92. The second-order valence-electron chi connectivity index (χ2n) is 12.4. The van der Waals surface area contributed by atoms with Crippen molar-refractivity contribution in [3.8, 4) is 56.4 Å². The van der Waals surface area contributed by atoms with E-state index in [9.17, 15) is 0 Å². The van der Waals surface area contributed by atoms with Gasteiger partial charge in [0, 0.05) is 47.6 Å². The molecule has 0 fully saturated rings. The number of fused-ring (bicyclic) bond motifs is 6. The molecule has 0 aliphatic heterocycles. The van der Waals surface area contributed by atoms with E-state index in [0.717, 1.165) is 55.3 Å². The molecule has 3 heterocycles. The number of para-hydroxylation sites is 1. The summed E-state index contributed by atoms with van der Waals surface area (Å²) >= 11 is 1.79. The first kappa shape index (κ1) is 28.6. The maximum Gasteiger partial charge on any atom is 0.164 e. The molecule has 0 bridgehead atoms. The highest BCUT2D eigenvalue weighted by atomic mass is 32.1. The van der Waals surface area contributed by atoms with E-state index in [1.54, 1.807) is 11.3 Å². The Morgan fingerprint density at radius 3 is 1.62 bits per heavy atom. The Balaban J connectivity index is 1.05. The average Bonchev–Trinajstić information content (AvgIpc) is 3.75. The Kier molecular flexibility index (Phi) is 6.64. The first-order valence-corrected chi connectivity index (χ1v) is 17.4. The molecular formula is C45H27N3OS. The van der Waals surface area contributed by atoms with Crippen LogP contribution in [0.4, 0.5) is 0 Å². The number of hydrogen-bond donors (Lipinski definition) is 0. The van der Waals surface area contributed by atoms with E-state index in [1.165, 1.54) is 25.7 Å². The molecule has 0 aliphatic carbocycles. The van der Waals surface area contributed by atoms with Crippen molar-refractivity contribution < 1.29 is 4.42 Å². The largest absolute Gasteiger partial charge is 0.456 e. The highest BCUT2D eigenvalue weighted by Gasteiger charge is 2.15. The molecule has 0 radical (unpaired) electrons. The van der Waals surface area contributed by atoms with E-state index in [-0.39, 0.29) is 0 Å². The van der Waals surface area contributed by atoms with Gasteiger partial charge in [0.1, 0.15) is 11.2 Å². The highest BCUT2D eigenvalue weighted by Crippen LogP contribution is 2.39. The number of aromatic nitrogens is 3. The molecule has 0 saturated carbocycles. The second kappa shape index (κ2) is 11.6. The number of thiophene rings is 1. The summed E-state index contributed by atoms with van der Waals surface area (Å²) in [6.07, 6.45) is 0. The molecule has 50 heavy (non-hydrogen) atoms. The van der Waals surface area contributed by atoms with Crippen LogP contribution in [-0.2, 0) is 0 Å².